The number of hydrogen-bond donors (Lipinski definition) is 1. The van der Waals surface area contributed by atoms with Crippen LogP contribution in [0, 0.1) is 17.2 Å². The minimum Gasteiger partial charge on any atom is -0.465 e. The fraction of sp³-hybridized carbons (Fsp3) is 0.357. The fourth-order valence-electron chi connectivity index (χ4n) is 1.44. The molecule has 100 valence electrons. The average Bonchev–Trinajstić information content (AvgIpc) is 2.44. The van der Waals surface area contributed by atoms with Gasteiger partial charge in [0.05, 0.1) is 18.7 Å². The molecule has 5 heteroatoms. The average molecular weight is 260 g/mol. The first-order valence-corrected chi connectivity index (χ1v) is 5.94. The summed E-state index contributed by atoms with van der Waals surface area (Å²) in [6, 6.07) is 8.52. The number of nitriles is 1. The summed E-state index contributed by atoms with van der Waals surface area (Å²) in [5, 5.41) is 11.3. The maximum atomic E-state index is 11.6. The summed E-state index contributed by atoms with van der Waals surface area (Å²) in [7, 11) is 1.31. The van der Waals surface area contributed by atoms with Crippen LogP contribution in [0.2, 0.25) is 0 Å². The molecule has 1 atom stereocenters. The molecule has 1 unspecified atom stereocenters. The molecule has 0 fully saturated rings. The minimum atomic E-state index is -0.416. The zero-order valence-electron chi connectivity index (χ0n) is 11.0. The first-order valence-electron chi connectivity index (χ1n) is 5.94. The van der Waals surface area contributed by atoms with E-state index in [9.17, 15) is 9.59 Å². The van der Waals surface area contributed by atoms with Gasteiger partial charge in [-0.25, -0.2) is 4.79 Å². The number of anilines is 1. The molecule has 0 aliphatic heterocycles. The van der Waals surface area contributed by atoms with Gasteiger partial charge in [0.25, 0.3) is 0 Å². The van der Waals surface area contributed by atoms with Crippen molar-refractivity contribution in [2.24, 2.45) is 5.92 Å². The van der Waals surface area contributed by atoms with Gasteiger partial charge in [-0.15, -0.1) is 0 Å². The van der Waals surface area contributed by atoms with Crippen LogP contribution in [0.4, 0.5) is 5.69 Å². The van der Waals surface area contributed by atoms with Gasteiger partial charge in [-0.3, -0.25) is 4.79 Å². The largest absolute Gasteiger partial charge is 0.465 e. The maximum absolute atomic E-state index is 11.6. The highest BCUT2D eigenvalue weighted by atomic mass is 16.5. The van der Waals surface area contributed by atoms with E-state index in [1.807, 2.05) is 0 Å². The van der Waals surface area contributed by atoms with E-state index in [1.165, 1.54) is 7.11 Å². The van der Waals surface area contributed by atoms with Crippen molar-refractivity contribution < 1.29 is 14.3 Å². The Morgan fingerprint density at radius 2 is 2.00 bits per heavy atom. The van der Waals surface area contributed by atoms with Crippen LogP contribution in [-0.2, 0) is 9.53 Å². The van der Waals surface area contributed by atoms with E-state index in [0.717, 1.165) is 0 Å². The van der Waals surface area contributed by atoms with Crippen LogP contribution in [0.3, 0.4) is 0 Å². The van der Waals surface area contributed by atoms with Crippen LogP contribution in [-0.4, -0.2) is 19.0 Å². The number of carbonyl (C=O) groups is 2. The molecule has 1 aromatic rings. The Balaban J connectivity index is 2.52. The van der Waals surface area contributed by atoms with Crippen molar-refractivity contribution in [3.8, 4) is 6.07 Å². The predicted octanol–water partition coefficient (Wildman–Crippen LogP) is 2.35. The summed E-state index contributed by atoms with van der Waals surface area (Å²) in [4.78, 5) is 22.8. The quantitative estimate of drug-likeness (QED) is 0.824. The van der Waals surface area contributed by atoms with Gasteiger partial charge in [0.2, 0.25) is 5.91 Å². The number of benzene rings is 1. The molecule has 0 saturated carbocycles. The van der Waals surface area contributed by atoms with Crippen molar-refractivity contribution in [3.05, 3.63) is 29.8 Å². The molecular formula is C14H16N2O3. The summed E-state index contributed by atoms with van der Waals surface area (Å²) in [6.45, 7) is 1.78. The molecule has 0 aromatic heterocycles. The van der Waals surface area contributed by atoms with E-state index in [-0.39, 0.29) is 11.8 Å². The van der Waals surface area contributed by atoms with Crippen molar-refractivity contribution in [2.75, 3.05) is 12.4 Å². The van der Waals surface area contributed by atoms with Gasteiger partial charge in [0.15, 0.2) is 0 Å². The SMILES string of the molecule is COC(=O)c1ccc(NC(=O)CCC(C)C#N)cc1. The fourth-order valence-corrected chi connectivity index (χ4v) is 1.44. The van der Waals surface area contributed by atoms with E-state index in [1.54, 1.807) is 31.2 Å². The number of ether oxygens (including phenoxy) is 1. The van der Waals surface area contributed by atoms with Gasteiger partial charge in [-0.1, -0.05) is 0 Å². The topological polar surface area (TPSA) is 79.2 Å². The van der Waals surface area contributed by atoms with Crippen LogP contribution in [0.1, 0.15) is 30.1 Å². The highest BCUT2D eigenvalue weighted by Crippen LogP contribution is 2.12. The Bertz CT molecular complexity index is 488. The normalized spacial score (nSPS) is 11.2. The molecule has 1 rings (SSSR count). The van der Waals surface area contributed by atoms with Gasteiger partial charge < -0.3 is 10.1 Å². The molecule has 0 bridgehead atoms. The Morgan fingerprint density at radius 3 is 2.53 bits per heavy atom. The van der Waals surface area contributed by atoms with Gasteiger partial charge >= 0.3 is 5.97 Å². The highest BCUT2D eigenvalue weighted by Gasteiger charge is 2.08. The maximum Gasteiger partial charge on any atom is 0.337 e. The Labute approximate surface area is 112 Å². The van der Waals surface area contributed by atoms with Crippen LogP contribution in [0.15, 0.2) is 24.3 Å². The van der Waals surface area contributed by atoms with Crippen molar-refractivity contribution in [3.63, 3.8) is 0 Å². The van der Waals surface area contributed by atoms with Crippen molar-refractivity contribution in [2.45, 2.75) is 19.8 Å². The Morgan fingerprint density at radius 1 is 1.37 bits per heavy atom. The second-order valence-electron chi connectivity index (χ2n) is 4.19. The Hall–Kier alpha value is -2.35. The molecule has 0 radical (unpaired) electrons. The van der Waals surface area contributed by atoms with Crippen molar-refractivity contribution >= 4 is 17.6 Å². The number of esters is 1. The van der Waals surface area contributed by atoms with Gasteiger partial charge in [-0.05, 0) is 37.6 Å². The molecule has 0 aliphatic rings. The molecule has 0 spiro atoms. The number of nitrogens with zero attached hydrogens (tertiary/aromatic N) is 1. The Kier molecular flexibility index (Phi) is 5.55. The second-order valence-corrected chi connectivity index (χ2v) is 4.19. The van der Waals surface area contributed by atoms with E-state index in [2.05, 4.69) is 16.1 Å². The first-order chi connectivity index (χ1) is 9.06. The van der Waals surface area contributed by atoms with Crippen molar-refractivity contribution in [1.29, 1.82) is 5.26 Å². The van der Waals surface area contributed by atoms with E-state index in [0.29, 0.717) is 24.1 Å². The molecule has 1 aromatic carbocycles. The van der Waals surface area contributed by atoms with Gasteiger partial charge in [-0.2, -0.15) is 5.26 Å². The summed E-state index contributed by atoms with van der Waals surface area (Å²) >= 11 is 0. The van der Waals surface area contributed by atoms with Crippen LogP contribution in [0.5, 0.6) is 0 Å². The number of methoxy groups -OCH3 is 1. The molecular weight excluding hydrogens is 244 g/mol. The van der Waals surface area contributed by atoms with Crippen LogP contribution >= 0.6 is 0 Å². The summed E-state index contributed by atoms with van der Waals surface area (Å²) in [6.07, 6.45) is 0.829. The number of rotatable bonds is 5. The lowest BCUT2D eigenvalue weighted by atomic mass is 10.1. The number of carbonyl (C=O) groups excluding carboxylic acids is 2. The number of nitrogens with one attached hydrogen (secondary N) is 1. The van der Waals surface area contributed by atoms with Gasteiger partial charge in [0.1, 0.15) is 0 Å². The standard InChI is InChI=1S/C14H16N2O3/c1-10(9-15)3-8-13(17)16-12-6-4-11(5-7-12)14(18)19-2/h4-7,10H,3,8H2,1-2H3,(H,16,17). The van der Waals surface area contributed by atoms with E-state index >= 15 is 0 Å². The summed E-state index contributed by atoms with van der Waals surface area (Å²) < 4.78 is 4.58. The predicted molar refractivity (Wildman–Crippen MR) is 70.4 cm³/mol. The minimum absolute atomic E-state index is 0.132. The van der Waals surface area contributed by atoms with E-state index < -0.39 is 5.97 Å². The lowest BCUT2D eigenvalue weighted by Crippen LogP contribution is -2.12. The third-order valence-corrected chi connectivity index (χ3v) is 2.61. The second kappa shape index (κ2) is 7.17. The zero-order chi connectivity index (χ0) is 14.3. The molecule has 0 aliphatic carbocycles. The third-order valence-electron chi connectivity index (χ3n) is 2.61. The lowest BCUT2D eigenvalue weighted by molar-refractivity contribution is -0.116. The first kappa shape index (κ1) is 14.7. The van der Waals surface area contributed by atoms with Crippen molar-refractivity contribution in [1.82, 2.24) is 0 Å². The van der Waals surface area contributed by atoms with E-state index in [4.69, 9.17) is 5.26 Å². The molecule has 1 amide bonds. The molecule has 5 nitrogen and oxygen atoms in total. The number of amides is 1. The monoisotopic (exact) mass is 260 g/mol. The molecule has 0 saturated heterocycles. The van der Waals surface area contributed by atoms with Crippen LogP contribution in [0.25, 0.3) is 0 Å². The molecule has 19 heavy (non-hydrogen) atoms. The summed E-state index contributed by atoms with van der Waals surface area (Å²) in [5.74, 6) is -0.693. The number of hydrogen-bond acceptors (Lipinski definition) is 4. The highest BCUT2D eigenvalue weighted by molar-refractivity contribution is 5.93. The third kappa shape index (κ3) is 4.80. The molecule has 0 heterocycles. The lowest BCUT2D eigenvalue weighted by Gasteiger charge is -2.06. The zero-order valence-corrected chi connectivity index (χ0v) is 11.0. The summed E-state index contributed by atoms with van der Waals surface area (Å²) in [5.41, 5.74) is 1.04. The molecule has 1 N–H and O–H groups in total. The van der Waals surface area contributed by atoms with Crippen LogP contribution < -0.4 is 5.32 Å². The van der Waals surface area contributed by atoms with Gasteiger partial charge in [0, 0.05) is 18.0 Å². The smallest absolute Gasteiger partial charge is 0.337 e.